The lowest BCUT2D eigenvalue weighted by Crippen LogP contribution is -2.67. The van der Waals surface area contributed by atoms with Crippen molar-refractivity contribution in [2.24, 2.45) is 5.92 Å². The van der Waals surface area contributed by atoms with Gasteiger partial charge in [0.25, 0.3) is 0 Å². The Hall–Kier alpha value is -2.19. The third-order valence-electron chi connectivity index (χ3n) is 5.04. The molecule has 1 aliphatic rings. The molecule has 0 unspecified atom stereocenters. The molecule has 0 aromatic heterocycles. The Morgan fingerprint density at radius 1 is 1.09 bits per heavy atom. The van der Waals surface area contributed by atoms with Crippen molar-refractivity contribution >= 4 is 43.8 Å². The van der Waals surface area contributed by atoms with E-state index in [0.717, 1.165) is 0 Å². The molecule has 0 aromatic rings. The van der Waals surface area contributed by atoms with Gasteiger partial charge < -0.3 is 40.2 Å². The van der Waals surface area contributed by atoms with Crippen molar-refractivity contribution in [3.63, 3.8) is 0 Å². The zero-order valence-electron chi connectivity index (χ0n) is 21.2. The lowest BCUT2D eigenvalue weighted by atomic mass is 9.75. The smallest absolute Gasteiger partial charge is 0.451 e. The van der Waals surface area contributed by atoms with Gasteiger partial charge in [-0.2, -0.15) is 12.6 Å². The first-order chi connectivity index (χ1) is 15.9. The maximum Gasteiger partial charge on any atom is 0.451 e. The average molecular weight is 519 g/mol. The van der Waals surface area contributed by atoms with Crippen LogP contribution in [0.5, 0.6) is 0 Å². The Morgan fingerprint density at radius 2 is 1.63 bits per heavy atom. The van der Waals surface area contributed by atoms with Crippen LogP contribution in [0.25, 0.3) is 0 Å². The third kappa shape index (κ3) is 10.5. The van der Waals surface area contributed by atoms with Crippen LogP contribution in [-0.2, 0) is 19.1 Å². The number of alkyl carbamates (subject to hydrolysis) is 2. The van der Waals surface area contributed by atoms with Crippen LogP contribution in [0.15, 0.2) is 0 Å². The largest absolute Gasteiger partial charge is 0.479 e. The third-order valence-corrected chi connectivity index (χ3v) is 5.41. The van der Waals surface area contributed by atoms with Crippen molar-refractivity contribution in [3.05, 3.63) is 0 Å². The van der Waals surface area contributed by atoms with Crippen molar-refractivity contribution in [1.82, 2.24) is 15.5 Å². The van der Waals surface area contributed by atoms with Crippen molar-refractivity contribution in [2.45, 2.75) is 83.5 Å². The molecule has 200 valence electrons. The second kappa shape index (κ2) is 12.2. The van der Waals surface area contributed by atoms with E-state index in [9.17, 15) is 34.3 Å². The highest BCUT2D eigenvalue weighted by Gasteiger charge is 2.49. The molecule has 0 bridgehead atoms. The van der Waals surface area contributed by atoms with Crippen molar-refractivity contribution in [2.75, 3.05) is 18.8 Å². The number of carbonyl (C=O) groups is 4. The fraction of sp³-hybridized carbons (Fsp3) is 0.810. The highest BCUT2D eigenvalue weighted by Crippen LogP contribution is 2.30. The minimum Gasteiger partial charge on any atom is -0.479 e. The minimum absolute atomic E-state index is 0.0546. The molecule has 5 N–H and O–H groups in total. The number of carboxylic acids is 1. The van der Waals surface area contributed by atoms with Crippen LogP contribution in [-0.4, -0.2) is 92.9 Å². The maximum absolute atomic E-state index is 13.3. The molecular formula is C21H38BN3O9S. The molecule has 3 atom stereocenters. The van der Waals surface area contributed by atoms with Crippen LogP contribution >= 0.6 is 12.6 Å². The van der Waals surface area contributed by atoms with Gasteiger partial charge >= 0.3 is 25.3 Å². The van der Waals surface area contributed by atoms with Gasteiger partial charge in [0, 0.05) is 12.3 Å². The highest BCUT2D eigenvalue weighted by molar-refractivity contribution is 7.80. The van der Waals surface area contributed by atoms with E-state index in [1.54, 1.807) is 41.5 Å². The molecule has 0 radical (unpaired) electrons. The molecule has 35 heavy (non-hydrogen) atoms. The lowest BCUT2D eigenvalue weighted by Gasteiger charge is -2.45. The monoisotopic (exact) mass is 519 g/mol. The number of thiol groups is 1. The van der Waals surface area contributed by atoms with Gasteiger partial charge in [-0.3, -0.25) is 4.79 Å². The van der Waals surface area contributed by atoms with Gasteiger partial charge in [0.2, 0.25) is 5.91 Å². The summed E-state index contributed by atoms with van der Waals surface area (Å²) in [5.41, 5.74) is -3.58. The van der Waals surface area contributed by atoms with Gasteiger partial charge in [0.1, 0.15) is 17.2 Å². The van der Waals surface area contributed by atoms with Crippen LogP contribution in [0.4, 0.5) is 9.59 Å². The van der Waals surface area contributed by atoms with Crippen molar-refractivity contribution < 1.29 is 43.8 Å². The highest BCUT2D eigenvalue weighted by atomic mass is 32.1. The number of hydrogen-bond donors (Lipinski definition) is 6. The quantitative estimate of drug-likeness (QED) is 0.201. The van der Waals surface area contributed by atoms with E-state index in [0.29, 0.717) is 0 Å². The second-order valence-corrected chi connectivity index (χ2v) is 11.1. The molecule has 0 aliphatic carbocycles. The van der Waals surface area contributed by atoms with Gasteiger partial charge in [-0.25, -0.2) is 14.4 Å². The molecule has 1 saturated heterocycles. The van der Waals surface area contributed by atoms with E-state index in [4.69, 9.17) is 9.47 Å². The zero-order valence-corrected chi connectivity index (χ0v) is 22.1. The fourth-order valence-corrected chi connectivity index (χ4v) is 3.97. The SMILES string of the molecule is CC(C)(C)OC(=O)N[C@@H](CS)C(=O)N1C[C@@H](CCB(O)O)C[C@](NC(=O)OC(C)(C)C)(C(=O)O)C1. The fourth-order valence-electron chi connectivity index (χ4n) is 3.72. The topological polar surface area (TPSA) is 175 Å². The molecule has 14 heteroatoms. The van der Waals surface area contributed by atoms with E-state index in [-0.39, 0.29) is 31.5 Å². The van der Waals surface area contributed by atoms with Crippen LogP contribution in [0, 0.1) is 5.92 Å². The summed E-state index contributed by atoms with van der Waals surface area (Å²) in [6.45, 7) is 9.57. The Labute approximate surface area is 211 Å². The zero-order chi connectivity index (χ0) is 27.2. The maximum atomic E-state index is 13.3. The number of nitrogens with zero attached hydrogens (tertiary/aromatic N) is 1. The molecule has 0 aromatic carbocycles. The molecule has 1 fully saturated rings. The van der Waals surface area contributed by atoms with Crippen molar-refractivity contribution in [3.8, 4) is 0 Å². The first kappa shape index (κ1) is 30.8. The van der Waals surface area contributed by atoms with Crippen LogP contribution in [0.2, 0.25) is 6.32 Å². The predicted molar refractivity (Wildman–Crippen MR) is 131 cm³/mol. The normalized spacial score (nSPS) is 21.5. The Kier molecular flexibility index (Phi) is 10.7. The summed E-state index contributed by atoms with van der Waals surface area (Å²) >= 11 is 4.15. The standard InChI is InChI=1S/C21H38BN3O9S/c1-19(2,3)33-17(29)23-14(11-35)15(26)25-10-13(7-8-22(31)32)9-21(12-25,16(27)28)24-18(30)34-20(4,5)6/h13-14,31-32,35H,7-12H2,1-6H3,(H,23,29)(H,24,30)(H,27,28)/t13-,14-,21+/m0/s1. The van der Waals surface area contributed by atoms with Crippen LogP contribution in [0.3, 0.4) is 0 Å². The van der Waals surface area contributed by atoms with E-state index in [2.05, 4.69) is 23.3 Å². The van der Waals surface area contributed by atoms with E-state index >= 15 is 0 Å². The summed E-state index contributed by atoms with van der Waals surface area (Å²) in [7, 11) is -1.61. The number of likely N-dealkylation sites (tertiary alicyclic amines) is 1. The number of piperidine rings is 1. The Bertz CT molecular complexity index is 785. The summed E-state index contributed by atoms with van der Waals surface area (Å²) in [6.07, 6.45) is -1.74. The van der Waals surface area contributed by atoms with Gasteiger partial charge in [0.15, 0.2) is 5.54 Å². The Morgan fingerprint density at radius 3 is 2.09 bits per heavy atom. The second-order valence-electron chi connectivity index (χ2n) is 10.7. The number of carboxylic acid groups (broad SMARTS) is 1. The Balaban J connectivity index is 3.21. The summed E-state index contributed by atoms with van der Waals surface area (Å²) in [4.78, 5) is 51.6. The van der Waals surface area contributed by atoms with Crippen LogP contribution in [0.1, 0.15) is 54.4 Å². The predicted octanol–water partition coefficient (Wildman–Crippen LogP) is 0.869. The van der Waals surface area contributed by atoms with Gasteiger partial charge in [-0.05, 0) is 60.2 Å². The average Bonchev–Trinajstić information content (AvgIpc) is 2.66. The number of nitrogens with one attached hydrogen (secondary N) is 2. The molecule has 1 heterocycles. The van der Waals surface area contributed by atoms with E-state index < -0.39 is 66.4 Å². The van der Waals surface area contributed by atoms with Gasteiger partial charge in [-0.1, -0.05) is 6.42 Å². The van der Waals surface area contributed by atoms with Crippen LogP contribution < -0.4 is 10.6 Å². The first-order valence-electron chi connectivity index (χ1n) is 11.4. The summed E-state index contributed by atoms with van der Waals surface area (Å²) in [5.74, 6) is -2.58. The molecule has 0 spiro atoms. The molecule has 1 rings (SSSR count). The number of aliphatic carboxylic acids is 1. The first-order valence-corrected chi connectivity index (χ1v) is 12.0. The molecule has 3 amide bonds. The summed E-state index contributed by atoms with van der Waals surface area (Å²) in [6, 6.07) is -1.12. The lowest BCUT2D eigenvalue weighted by molar-refractivity contribution is -0.152. The van der Waals surface area contributed by atoms with Gasteiger partial charge in [0.05, 0.1) is 6.54 Å². The van der Waals surface area contributed by atoms with Crippen molar-refractivity contribution in [1.29, 1.82) is 0 Å². The number of amides is 3. The summed E-state index contributed by atoms with van der Waals surface area (Å²) < 4.78 is 10.4. The molecular weight excluding hydrogens is 481 g/mol. The number of rotatable bonds is 8. The van der Waals surface area contributed by atoms with Gasteiger partial charge in [-0.15, -0.1) is 0 Å². The summed E-state index contributed by atoms with van der Waals surface area (Å²) in [5, 5.41) is 33.5. The molecule has 12 nitrogen and oxygen atoms in total. The molecule has 0 saturated carbocycles. The minimum atomic E-state index is -1.89. The van der Waals surface area contributed by atoms with E-state index in [1.807, 2.05) is 0 Å². The number of carbonyl (C=O) groups excluding carboxylic acids is 3. The van der Waals surface area contributed by atoms with E-state index in [1.165, 1.54) is 4.90 Å². The molecule has 1 aliphatic heterocycles. The number of hydrogen-bond acceptors (Lipinski definition) is 9. The number of ether oxygens (including phenoxy) is 2.